The Labute approximate surface area is 57.8 Å². The van der Waals surface area contributed by atoms with E-state index in [1.807, 2.05) is 0 Å². The van der Waals surface area contributed by atoms with Crippen LogP contribution in [0.5, 0.6) is 0 Å². The molecule has 0 N–H and O–H groups in total. The van der Waals surface area contributed by atoms with Crippen molar-refractivity contribution >= 4 is 0 Å². The molecule has 6 heteroatoms. The standard InChI is InChI=1S/C5H2F6/c6-2-3(7)1-4(8)5(9,10)11/h1-2H. The van der Waals surface area contributed by atoms with E-state index in [-0.39, 0.29) is 0 Å². The topological polar surface area (TPSA) is 0 Å². The Hall–Kier alpha value is -0.940. The molecule has 0 radical (unpaired) electrons. The Balaban J connectivity index is 4.48. The molecule has 0 nitrogen and oxygen atoms in total. The Morgan fingerprint density at radius 1 is 1.09 bits per heavy atom. The Morgan fingerprint density at radius 2 is 1.55 bits per heavy atom. The van der Waals surface area contributed by atoms with Gasteiger partial charge in [0.05, 0.1) is 0 Å². The first-order valence-corrected chi connectivity index (χ1v) is 2.28. The van der Waals surface area contributed by atoms with Crippen molar-refractivity contribution in [2.45, 2.75) is 6.18 Å². The largest absolute Gasteiger partial charge is 0.443 e. The first kappa shape index (κ1) is 10.1. The van der Waals surface area contributed by atoms with Crippen LogP contribution < -0.4 is 0 Å². The number of alkyl halides is 3. The average Bonchev–Trinajstić information content (AvgIpc) is 1.85. The van der Waals surface area contributed by atoms with Crippen molar-refractivity contribution < 1.29 is 26.3 Å². The van der Waals surface area contributed by atoms with Gasteiger partial charge in [0.25, 0.3) is 0 Å². The van der Waals surface area contributed by atoms with E-state index in [9.17, 15) is 26.3 Å². The lowest BCUT2D eigenvalue weighted by molar-refractivity contribution is -0.108. The van der Waals surface area contributed by atoms with Crippen LogP contribution in [0.2, 0.25) is 0 Å². The van der Waals surface area contributed by atoms with Crippen LogP contribution in [0.15, 0.2) is 24.1 Å². The fraction of sp³-hybridized carbons (Fsp3) is 0.200. The molecule has 0 unspecified atom stereocenters. The van der Waals surface area contributed by atoms with E-state index in [0.717, 1.165) is 0 Å². The average molecular weight is 176 g/mol. The van der Waals surface area contributed by atoms with Gasteiger partial charge in [0.1, 0.15) is 6.33 Å². The molecule has 0 rings (SSSR count). The van der Waals surface area contributed by atoms with Gasteiger partial charge >= 0.3 is 6.18 Å². The summed E-state index contributed by atoms with van der Waals surface area (Å²) in [5, 5.41) is 0. The Bertz CT molecular complexity index is 186. The lowest BCUT2D eigenvalue weighted by Crippen LogP contribution is -2.07. The van der Waals surface area contributed by atoms with Crippen LogP contribution in [-0.4, -0.2) is 6.18 Å². The highest BCUT2D eigenvalue weighted by Gasteiger charge is 2.34. The van der Waals surface area contributed by atoms with Crippen LogP contribution in [0.25, 0.3) is 0 Å². The summed E-state index contributed by atoms with van der Waals surface area (Å²) in [6.07, 6.45) is -6.62. The first-order chi connectivity index (χ1) is 4.88. The van der Waals surface area contributed by atoms with Gasteiger partial charge in [0.2, 0.25) is 5.83 Å². The number of rotatable bonds is 1. The third kappa shape index (κ3) is 3.69. The Kier molecular flexibility index (Phi) is 3.16. The van der Waals surface area contributed by atoms with Crippen LogP contribution in [-0.2, 0) is 0 Å². The first-order valence-electron chi connectivity index (χ1n) is 2.28. The highest BCUT2D eigenvalue weighted by molar-refractivity contribution is 5.14. The summed E-state index contributed by atoms with van der Waals surface area (Å²) < 4.78 is 67.8. The number of hydrogen-bond donors (Lipinski definition) is 0. The Morgan fingerprint density at radius 3 is 1.82 bits per heavy atom. The van der Waals surface area contributed by atoms with Crippen molar-refractivity contribution in [1.29, 1.82) is 0 Å². The molecule has 0 atom stereocenters. The van der Waals surface area contributed by atoms with Gasteiger partial charge in [-0.25, -0.2) is 13.2 Å². The van der Waals surface area contributed by atoms with Gasteiger partial charge in [-0.15, -0.1) is 0 Å². The second kappa shape index (κ2) is 3.45. The van der Waals surface area contributed by atoms with Crippen molar-refractivity contribution in [2.24, 2.45) is 0 Å². The second-order valence-electron chi connectivity index (χ2n) is 1.48. The lowest BCUT2D eigenvalue weighted by Gasteiger charge is -2.00. The summed E-state index contributed by atoms with van der Waals surface area (Å²) in [7, 11) is 0. The fourth-order valence-electron chi connectivity index (χ4n) is 0.234. The van der Waals surface area contributed by atoms with Crippen molar-refractivity contribution in [1.82, 2.24) is 0 Å². The number of hydrogen-bond acceptors (Lipinski definition) is 0. The van der Waals surface area contributed by atoms with Crippen molar-refractivity contribution in [3.8, 4) is 0 Å². The zero-order valence-corrected chi connectivity index (χ0v) is 4.92. The maximum absolute atomic E-state index is 11.6. The minimum absolute atomic E-state index is 0.583. The molecule has 0 saturated heterocycles. The van der Waals surface area contributed by atoms with E-state index < -0.39 is 30.2 Å². The molecule has 0 heterocycles. The van der Waals surface area contributed by atoms with E-state index in [4.69, 9.17) is 0 Å². The van der Waals surface area contributed by atoms with Gasteiger partial charge in [-0.05, 0) is 0 Å². The van der Waals surface area contributed by atoms with E-state index in [2.05, 4.69) is 0 Å². The van der Waals surface area contributed by atoms with Gasteiger partial charge in [-0.1, -0.05) is 0 Å². The van der Waals surface area contributed by atoms with Gasteiger partial charge in [-0.3, -0.25) is 0 Å². The molecule has 0 bridgehead atoms. The third-order valence-corrected chi connectivity index (χ3v) is 0.640. The molecule has 0 aliphatic rings. The van der Waals surface area contributed by atoms with Crippen LogP contribution >= 0.6 is 0 Å². The van der Waals surface area contributed by atoms with Gasteiger partial charge < -0.3 is 0 Å². The SMILES string of the molecule is FC=C(F)C=C(F)C(F)(F)F. The zero-order valence-electron chi connectivity index (χ0n) is 4.92. The van der Waals surface area contributed by atoms with Crippen molar-refractivity contribution in [3.63, 3.8) is 0 Å². The van der Waals surface area contributed by atoms with Gasteiger partial charge in [0.15, 0.2) is 5.83 Å². The molecule has 0 saturated carbocycles. The van der Waals surface area contributed by atoms with E-state index >= 15 is 0 Å². The summed E-state index contributed by atoms with van der Waals surface area (Å²) in [6.45, 7) is 0. The van der Waals surface area contributed by atoms with Crippen LogP contribution in [0.3, 0.4) is 0 Å². The minimum Gasteiger partial charge on any atom is -0.212 e. The van der Waals surface area contributed by atoms with Crippen molar-refractivity contribution in [2.75, 3.05) is 0 Å². The predicted octanol–water partition coefficient (Wildman–Crippen LogP) is 3.18. The fourth-order valence-corrected chi connectivity index (χ4v) is 0.234. The van der Waals surface area contributed by atoms with E-state index in [0.29, 0.717) is 0 Å². The van der Waals surface area contributed by atoms with Crippen molar-refractivity contribution in [3.05, 3.63) is 24.1 Å². The second-order valence-corrected chi connectivity index (χ2v) is 1.48. The van der Waals surface area contributed by atoms with Gasteiger partial charge in [0, 0.05) is 6.08 Å². The molecule has 0 aromatic carbocycles. The maximum Gasteiger partial charge on any atom is 0.443 e. The summed E-state index contributed by atoms with van der Waals surface area (Å²) in [4.78, 5) is 0. The summed E-state index contributed by atoms with van der Waals surface area (Å²) in [6, 6.07) is 0. The molecule has 0 fully saturated rings. The van der Waals surface area contributed by atoms with Crippen LogP contribution in [0, 0.1) is 0 Å². The zero-order chi connectivity index (χ0) is 9.07. The predicted molar refractivity (Wildman–Crippen MR) is 25.5 cm³/mol. The molecule has 0 aromatic heterocycles. The summed E-state index contributed by atoms with van der Waals surface area (Å²) in [5.41, 5.74) is 0. The van der Waals surface area contributed by atoms with E-state index in [1.54, 1.807) is 0 Å². The normalized spacial score (nSPS) is 15.5. The molecule has 0 amide bonds. The molecule has 0 aromatic rings. The molecule has 0 aliphatic carbocycles. The molecular weight excluding hydrogens is 174 g/mol. The lowest BCUT2D eigenvalue weighted by atomic mass is 10.4. The molecule has 0 aliphatic heterocycles. The smallest absolute Gasteiger partial charge is 0.212 e. The monoisotopic (exact) mass is 176 g/mol. The number of allylic oxidation sites excluding steroid dienone is 3. The van der Waals surface area contributed by atoms with E-state index in [1.165, 1.54) is 0 Å². The maximum atomic E-state index is 11.6. The number of halogens is 6. The molecule has 64 valence electrons. The minimum atomic E-state index is -5.26. The molecule has 11 heavy (non-hydrogen) atoms. The third-order valence-electron chi connectivity index (χ3n) is 0.640. The highest BCUT2D eigenvalue weighted by atomic mass is 19.4. The summed E-state index contributed by atoms with van der Waals surface area (Å²) >= 11 is 0. The van der Waals surface area contributed by atoms with Gasteiger partial charge in [-0.2, -0.15) is 13.2 Å². The highest BCUT2D eigenvalue weighted by Crippen LogP contribution is 2.27. The molecule has 0 spiro atoms. The quantitative estimate of drug-likeness (QED) is 0.425. The van der Waals surface area contributed by atoms with Crippen LogP contribution in [0.4, 0.5) is 26.3 Å². The summed E-state index contributed by atoms with van der Waals surface area (Å²) in [5.74, 6) is -4.59. The van der Waals surface area contributed by atoms with Crippen LogP contribution in [0.1, 0.15) is 0 Å². The molecular formula is C5H2F6.